The lowest BCUT2D eigenvalue weighted by Gasteiger charge is -2.00. The molecule has 0 amide bonds. The van der Waals surface area contributed by atoms with Gasteiger partial charge in [0, 0.05) is 3.57 Å². The Morgan fingerprint density at radius 1 is 1.22 bits per heavy atom. The van der Waals surface area contributed by atoms with Crippen molar-refractivity contribution in [1.82, 2.24) is 0 Å². The van der Waals surface area contributed by atoms with Crippen molar-refractivity contribution in [2.75, 3.05) is 0 Å². The first-order chi connectivity index (χ1) is 8.56. The predicted molar refractivity (Wildman–Crippen MR) is 74.9 cm³/mol. The Morgan fingerprint density at radius 3 is 2.44 bits per heavy atom. The Morgan fingerprint density at radius 2 is 1.89 bits per heavy atom. The number of aromatic carboxylic acids is 1. The largest absolute Gasteiger partial charge is 0.475 e. The molecular weight excluding hydrogens is 367 g/mol. The van der Waals surface area contributed by atoms with Crippen LogP contribution >= 0.6 is 22.6 Å². The van der Waals surface area contributed by atoms with E-state index in [1.807, 2.05) is 24.3 Å². The minimum absolute atomic E-state index is 0.186. The second kappa shape index (κ2) is 5.66. The summed E-state index contributed by atoms with van der Waals surface area (Å²) in [5.74, 6) is -1.04. The number of halogens is 1. The number of rotatable bonds is 4. The number of carboxylic acid groups (broad SMARTS) is 1. The second-order valence-corrected chi connectivity index (χ2v) is 6.17. The van der Waals surface area contributed by atoms with Crippen LogP contribution in [0.5, 0.6) is 0 Å². The lowest BCUT2D eigenvalue weighted by Crippen LogP contribution is -1.96. The maximum atomic E-state index is 12.0. The number of hydrogen-bond acceptors (Lipinski definition) is 3. The third-order valence-corrected chi connectivity index (χ3v) is 4.21. The van der Waals surface area contributed by atoms with E-state index in [1.54, 1.807) is 0 Å². The Hall–Kier alpha value is -1.15. The molecule has 1 heterocycles. The molecule has 2 rings (SSSR count). The highest BCUT2D eigenvalue weighted by Crippen LogP contribution is 2.16. The lowest BCUT2D eigenvalue weighted by molar-refractivity contribution is 0.0656. The molecule has 2 aromatic rings. The van der Waals surface area contributed by atoms with Gasteiger partial charge in [-0.1, -0.05) is 12.1 Å². The molecule has 1 N–H and O–H groups in total. The molecule has 1 aromatic heterocycles. The maximum absolute atomic E-state index is 12.0. The van der Waals surface area contributed by atoms with Crippen LogP contribution in [0.25, 0.3) is 0 Å². The maximum Gasteiger partial charge on any atom is 0.371 e. The highest BCUT2D eigenvalue weighted by Gasteiger charge is 2.14. The van der Waals surface area contributed by atoms with E-state index in [4.69, 9.17) is 9.52 Å². The van der Waals surface area contributed by atoms with Crippen molar-refractivity contribution in [1.29, 1.82) is 0 Å². The molecular formula is C12H9IO4S. The Labute approximate surface area is 120 Å². The van der Waals surface area contributed by atoms with Crippen LogP contribution in [0.15, 0.2) is 45.9 Å². The lowest BCUT2D eigenvalue weighted by atomic mass is 10.2. The van der Waals surface area contributed by atoms with Crippen LogP contribution in [0, 0.1) is 3.57 Å². The number of carbonyl (C=O) groups is 1. The summed E-state index contributed by atoms with van der Waals surface area (Å²) in [5, 5.41) is 8.89. The van der Waals surface area contributed by atoms with Gasteiger partial charge in [0.1, 0.15) is 0 Å². The third kappa shape index (κ3) is 3.20. The van der Waals surface area contributed by atoms with Gasteiger partial charge >= 0.3 is 5.97 Å². The normalized spacial score (nSPS) is 12.3. The van der Waals surface area contributed by atoms with Crippen LogP contribution < -0.4 is 0 Å². The van der Waals surface area contributed by atoms with E-state index < -0.39 is 16.8 Å². The van der Waals surface area contributed by atoms with Gasteiger partial charge in [-0.05, 0) is 52.4 Å². The topological polar surface area (TPSA) is 67.5 Å². The first-order valence-electron chi connectivity index (χ1n) is 5.02. The zero-order valence-corrected chi connectivity index (χ0v) is 12.1. The molecule has 0 aliphatic rings. The molecule has 1 aromatic carbocycles. The first-order valence-corrected chi connectivity index (χ1v) is 7.42. The standard InChI is InChI=1S/C12H9IO4S/c13-9-3-1-8(2-4-9)7-18(16)11-6-5-10(17-11)12(14)15/h1-6H,7H2,(H,14,15). The molecule has 4 nitrogen and oxygen atoms in total. The minimum Gasteiger partial charge on any atom is -0.475 e. The summed E-state index contributed by atoms with van der Waals surface area (Å²) in [6.45, 7) is 0. The zero-order chi connectivity index (χ0) is 13.1. The van der Waals surface area contributed by atoms with Crippen molar-refractivity contribution < 1.29 is 18.5 Å². The molecule has 0 fully saturated rings. The number of carboxylic acids is 1. The van der Waals surface area contributed by atoms with E-state index >= 15 is 0 Å². The highest BCUT2D eigenvalue weighted by atomic mass is 127. The molecule has 0 aliphatic carbocycles. The summed E-state index contributed by atoms with van der Waals surface area (Å²) >= 11 is 2.19. The van der Waals surface area contributed by atoms with E-state index in [2.05, 4.69) is 22.6 Å². The molecule has 94 valence electrons. The van der Waals surface area contributed by atoms with Gasteiger partial charge in [-0.3, -0.25) is 4.21 Å². The predicted octanol–water partition coefficient (Wildman–Crippen LogP) is 2.89. The summed E-state index contributed by atoms with van der Waals surface area (Å²) in [7, 11) is -1.37. The summed E-state index contributed by atoms with van der Waals surface area (Å²) < 4.78 is 18.1. The van der Waals surface area contributed by atoms with E-state index in [9.17, 15) is 9.00 Å². The fourth-order valence-electron chi connectivity index (χ4n) is 1.36. The zero-order valence-electron chi connectivity index (χ0n) is 9.13. The molecule has 0 spiro atoms. The molecule has 0 saturated heterocycles. The summed E-state index contributed by atoms with van der Waals surface area (Å²) in [6.07, 6.45) is 0. The number of benzene rings is 1. The molecule has 0 bridgehead atoms. The molecule has 18 heavy (non-hydrogen) atoms. The smallest absolute Gasteiger partial charge is 0.371 e. The highest BCUT2D eigenvalue weighted by molar-refractivity contribution is 14.1. The van der Waals surface area contributed by atoms with Crippen molar-refractivity contribution in [3.63, 3.8) is 0 Å². The molecule has 0 saturated carbocycles. The van der Waals surface area contributed by atoms with Gasteiger partial charge in [-0.2, -0.15) is 0 Å². The third-order valence-electron chi connectivity index (χ3n) is 2.23. The Kier molecular flexibility index (Phi) is 4.18. The minimum atomic E-state index is -1.37. The van der Waals surface area contributed by atoms with Gasteiger partial charge in [0.05, 0.1) is 16.6 Å². The van der Waals surface area contributed by atoms with E-state index in [0.29, 0.717) is 5.75 Å². The van der Waals surface area contributed by atoms with Gasteiger partial charge in [0.25, 0.3) is 0 Å². The summed E-state index contributed by atoms with van der Waals surface area (Å²) in [5.41, 5.74) is 0.919. The van der Waals surface area contributed by atoms with Crippen LogP contribution in [0.3, 0.4) is 0 Å². The molecule has 0 aliphatic heterocycles. The Bertz CT molecular complexity index is 588. The van der Waals surface area contributed by atoms with Crippen LogP contribution in [0.2, 0.25) is 0 Å². The average molecular weight is 376 g/mol. The van der Waals surface area contributed by atoms with Gasteiger partial charge < -0.3 is 9.52 Å². The van der Waals surface area contributed by atoms with Crippen LogP contribution in [-0.2, 0) is 16.6 Å². The van der Waals surface area contributed by atoms with Crippen molar-refractivity contribution in [3.8, 4) is 0 Å². The van der Waals surface area contributed by atoms with Crippen LogP contribution in [0.4, 0.5) is 0 Å². The molecule has 1 atom stereocenters. The van der Waals surface area contributed by atoms with Gasteiger partial charge in [-0.15, -0.1) is 0 Å². The molecule has 6 heteroatoms. The summed E-state index contributed by atoms with van der Waals surface area (Å²) in [4.78, 5) is 10.6. The second-order valence-electron chi connectivity index (χ2n) is 3.54. The van der Waals surface area contributed by atoms with Crippen molar-refractivity contribution in [2.45, 2.75) is 10.8 Å². The number of hydrogen-bond donors (Lipinski definition) is 1. The van der Waals surface area contributed by atoms with E-state index in [0.717, 1.165) is 9.13 Å². The van der Waals surface area contributed by atoms with Gasteiger partial charge in [-0.25, -0.2) is 4.79 Å². The molecule has 1 unspecified atom stereocenters. The SMILES string of the molecule is O=C(O)c1ccc(S(=O)Cc2ccc(I)cc2)o1. The Balaban J connectivity index is 2.11. The van der Waals surface area contributed by atoms with E-state index in [1.165, 1.54) is 12.1 Å². The molecule has 0 radical (unpaired) electrons. The van der Waals surface area contributed by atoms with Crippen molar-refractivity contribution in [2.24, 2.45) is 0 Å². The quantitative estimate of drug-likeness (QED) is 0.834. The fourth-order valence-corrected chi connectivity index (χ4v) is 2.76. The van der Waals surface area contributed by atoms with E-state index in [-0.39, 0.29) is 10.9 Å². The van der Waals surface area contributed by atoms with Crippen LogP contribution in [-0.4, -0.2) is 15.3 Å². The first kappa shape index (κ1) is 13.3. The fraction of sp³-hybridized carbons (Fsp3) is 0.0833. The van der Waals surface area contributed by atoms with Crippen molar-refractivity contribution in [3.05, 3.63) is 51.3 Å². The monoisotopic (exact) mass is 376 g/mol. The van der Waals surface area contributed by atoms with Gasteiger partial charge in [0.15, 0.2) is 5.09 Å². The van der Waals surface area contributed by atoms with Gasteiger partial charge in [0.2, 0.25) is 5.76 Å². The number of furan rings is 1. The van der Waals surface area contributed by atoms with Crippen LogP contribution in [0.1, 0.15) is 16.1 Å². The average Bonchev–Trinajstić information content (AvgIpc) is 2.81. The van der Waals surface area contributed by atoms with Crippen molar-refractivity contribution >= 4 is 39.4 Å². The summed E-state index contributed by atoms with van der Waals surface area (Å²) in [6, 6.07) is 10.4.